The van der Waals surface area contributed by atoms with Gasteiger partial charge in [0.1, 0.15) is 6.10 Å². The van der Waals surface area contributed by atoms with Gasteiger partial charge in [0.05, 0.1) is 6.54 Å². The molecule has 3 rings (SSSR count). The van der Waals surface area contributed by atoms with E-state index in [1.807, 2.05) is 6.92 Å². The van der Waals surface area contributed by atoms with Gasteiger partial charge in [-0.3, -0.25) is 9.48 Å². The van der Waals surface area contributed by atoms with E-state index in [0.717, 1.165) is 5.69 Å². The van der Waals surface area contributed by atoms with Crippen LogP contribution in [0.2, 0.25) is 0 Å². The van der Waals surface area contributed by atoms with Crippen LogP contribution in [0.25, 0.3) is 0 Å². The number of carbonyl (C=O) groups is 1. The summed E-state index contributed by atoms with van der Waals surface area (Å²) in [7, 11) is 1.80. The second-order valence-electron chi connectivity index (χ2n) is 5.37. The van der Waals surface area contributed by atoms with Crippen LogP contribution in [-0.2, 0) is 7.05 Å². The SMILES string of the molecule is Cc1cc(C(=O)N2CCC(Oc3cccc(F)n3)C2)nn1C. The number of hydrogen-bond acceptors (Lipinski definition) is 4. The van der Waals surface area contributed by atoms with E-state index in [1.165, 1.54) is 6.07 Å². The lowest BCUT2D eigenvalue weighted by Gasteiger charge is -2.15. The Morgan fingerprint density at radius 3 is 2.95 bits per heavy atom. The van der Waals surface area contributed by atoms with Gasteiger partial charge in [-0.2, -0.15) is 14.5 Å². The molecule has 2 aromatic heterocycles. The van der Waals surface area contributed by atoms with E-state index in [0.29, 0.717) is 25.2 Å². The molecule has 0 aromatic carbocycles. The van der Waals surface area contributed by atoms with Gasteiger partial charge < -0.3 is 9.64 Å². The molecule has 0 spiro atoms. The highest BCUT2D eigenvalue weighted by Gasteiger charge is 2.29. The van der Waals surface area contributed by atoms with E-state index >= 15 is 0 Å². The highest BCUT2D eigenvalue weighted by atomic mass is 19.1. The molecule has 0 bridgehead atoms. The quantitative estimate of drug-likeness (QED) is 0.807. The fraction of sp³-hybridized carbons (Fsp3) is 0.400. The summed E-state index contributed by atoms with van der Waals surface area (Å²) >= 11 is 0. The van der Waals surface area contributed by atoms with E-state index in [4.69, 9.17) is 4.74 Å². The largest absolute Gasteiger partial charge is 0.472 e. The Morgan fingerprint density at radius 1 is 1.45 bits per heavy atom. The van der Waals surface area contributed by atoms with Crippen LogP contribution in [0.5, 0.6) is 5.88 Å². The summed E-state index contributed by atoms with van der Waals surface area (Å²) in [6.07, 6.45) is 0.513. The summed E-state index contributed by atoms with van der Waals surface area (Å²) in [4.78, 5) is 17.8. The van der Waals surface area contributed by atoms with E-state index < -0.39 is 5.95 Å². The first kappa shape index (κ1) is 14.5. The molecule has 1 aliphatic rings. The molecular formula is C15H17FN4O2. The van der Waals surface area contributed by atoms with Crippen LogP contribution in [0.1, 0.15) is 22.6 Å². The first-order valence-corrected chi connectivity index (χ1v) is 7.12. The lowest BCUT2D eigenvalue weighted by molar-refractivity contribution is 0.0764. The first-order chi connectivity index (χ1) is 10.5. The first-order valence-electron chi connectivity index (χ1n) is 7.12. The molecule has 1 atom stereocenters. The monoisotopic (exact) mass is 304 g/mol. The van der Waals surface area contributed by atoms with E-state index in [1.54, 1.807) is 34.8 Å². The van der Waals surface area contributed by atoms with Crippen molar-refractivity contribution in [1.82, 2.24) is 19.7 Å². The van der Waals surface area contributed by atoms with E-state index in [2.05, 4.69) is 10.1 Å². The number of nitrogens with zero attached hydrogens (tertiary/aromatic N) is 4. The average molecular weight is 304 g/mol. The fourth-order valence-electron chi connectivity index (χ4n) is 2.46. The van der Waals surface area contributed by atoms with Crippen molar-refractivity contribution in [3.05, 3.63) is 41.6 Å². The molecule has 0 saturated carbocycles. The minimum Gasteiger partial charge on any atom is -0.472 e. The standard InChI is InChI=1S/C15H17FN4O2/c1-10-8-12(18-19(10)2)15(21)20-7-6-11(9-20)22-14-5-3-4-13(16)17-14/h3-5,8,11H,6-7,9H2,1-2H3. The lowest BCUT2D eigenvalue weighted by Crippen LogP contribution is -2.31. The van der Waals surface area contributed by atoms with Crippen molar-refractivity contribution >= 4 is 5.91 Å². The normalized spacial score (nSPS) is 17.8. The lowest BCUT2D eigenvalue weighted by atomic mass is 10.3. The predicted molar refractivity (Wildman–Crippen MR) is 77.1 cm³/mol. The molecule has 3 heterocycles. The van der Waals surface area contributed by atoms with Crippen LogP contribution < -0.4 is 4.74 Å². The van der Waals surface area contributed by atoms with Gasteiger partial charge in [0.15, 0.2) is 5.69 Å². The van der Waals surface area contributed by atoms with Gasteiger partial charge in [-0.1, -0.05) is 6.07 Å². The number of likely N-dealkylation sites (tertiary alicyclic amines) is 1. The molecule has 1 unspecified atom stereocenters. The number of rotatable bonds is 3. The Kier molecular flexibility index (Phi) is 3.79. The number of aryl methyl sites for hydroxylation is 2. The van der Waals surface area contributed by atoms with Crippen LogP contribution in [0.4, 0.5) is 4.39 Å². The van der Waals surface area contributed by atoms with Gasteiger partial charge in [0.2, 0.25) is 11.8 Å². The van der Waals surface area contributed by atoms with Crippen LogP contribution in [0.15, 0.2) is 24.3 Å². The van der Waals surface area contributed by atoms with Crippen LogP contribution >= 0.6 is 0 Å². The smallest absolute Gasteiger partial charge is 0.274 e. The van der Waals surface area contributed by atoms with Crippen molar-refractivity contribution in [2.24, 2.45) is 7.05 Å². The molecule has 22 heavy (non-hydrogen) atoms. The molecule has 116 valence electrons. The van der Waals surface area contributed by atoms with Gasteiger partial charge in [-0.15, -0.1) is 0 Å². The topological polar surface area (TPSA) is 60.3 Å². The second-order valence-corrected chi connectivity index (χ2v) is 5.37. The third-order valence-corrected chi connectivity index (χ3v) is 3.74. The number of ether oxygens (including phenoxy) is 1. The maximum Gasteiger partial charge on any atom is 0.274 e. The number of halogens is 1. The van der Waals surface area contributed by atoms with Crippen molar-refractivity contribution < 1.29 is 13.9 Å². The molecule has 7 heteroatoms. The van der Waals surface area contributed by atoms with Crippen molar-refractivity contribution in [2.45, 2.75) is 19.4 Å². The minimum atomic E-state index is -0.576. The second kappa shape index (κ2) is 5.75. The molecular weight excluding hydrogens is 287 g/mol. The fourth-order valence-corrected chi connectivity index (χ4v) is 2.46. The van der Waals surface area contributed by atoms with Crippen LogP contribution in [0, 0.1) is 12.9 Å². The Bertz CT molecular complexity index is 681. The van der Waals surface area contributed by atoms with Gasteiger partial charge >= 0.3 is 0 Å². The van der Waals surface area contributed by atoms with Crippen molar-refractivity contribution in [3.8, 4) is 5.88 Å². The predicted octanol–water partition coefficient (Wildman–Crippen LogP) is 1.56. The number of carbonyl (C=O) groups excluding carboxylic acids is 1. The molecule has 0 radical (unpaired) electrons. The number of pyridine rings is 1. The molecule has 1 amide bonds. The zero-order valence-corrected chi connectivity index (χ0v) is 12.5. The van der Waals surface area contributed by atoms with Crippen molar-refractivity contribution in [2.75, 3.05) is 13.1 Å². The zero-order chi connectivity index (χ0) is 15.7. The molecule has 1 aliphatic heterocycles. The van der Waals surface area contributed by atoms with Crippen LogP contribution in [-0.4, -0.2) is 44.8 Å². The Morgan fingerprint density at radius 2 is 2.27 bits per heavy atom. The summed E-state index contributed by atoms with van der Waals surface area (Å²) < 4.78 is 20.3. The van der Waals surface area contributed by atoms with E-state index in [-0.39, 0.29) is 17.9 Å². The van der Waals surface area contributed by atoms with Gasteiger partial charge in [-0.25, -0.2) is 0 Å². The van der Waals surface area contributed by atoms with Gasteiger partial charge in [-0.05, 0) is 19.1 Å². The highest BCUT2D eigenvalue weighted by Crippen LogP contribution is 2.18. The third kappa shape index (κ3) is 2.93. The number of hydrogen-bond donors (Lipinski definition) is 0. The Labute approximate surface area is 127 Å². The molecule has 0 aliphatic carbocycles. The molecule has 1 saturated heterocycles. The Balaban J connectivity index is 1.63. The summed E-state index contributed by atoms with van der Waals surface area (Å²) in [5, 5.41) is 4.20. The molecule has 0 N–H and O–H groups in total. The Hall–Kier alpha value is -2.44. The number of amides is 1. The maximum absolute atomic E-state index is 13.0. The van der Waals surface area contributed by atoms with Crippen LogP contribution in [0.3, 0.4) is 0 Å². The van der Waals surface area contributed by atoms with Gasteiger partial charge in [0.25, 0.3) is 5.91 Å². The summed E-state index contributed by atoms with van der Waals surface area (Å²) in [5.74, 6) is -0.442. The average Bonchev–Trinajstić information content (AvgIpc) is 3.06. The molecule has 2 aromatic rings. The molecule has 1 fully saturated rings. The summed E-state index contributed by atoms with van der Waals surface area (Å²) in [6.45, 7) is 2.94. The van der Waals surface area contributed by atoms with Crippen molar-refractivity contribution in [3.63, 3.8) is 0 Å². The number of aromatic nitrogens is 3. The summed E-state index contributed by atoms with van der Waals surface area (Å²) in [5.41, 5.74) is 1.36. The third-order valence-electron chi connectivity index (χ3n) is 3.74. The minimum absolute atomic E-state index is 0.109. The molecule has 6 nitrogen and oxygen atoms in total. The van der Waals surface area contributed by atoms with E-state index in [9.17, 15) is 9.18 Å². The van der Waals surface area contributed by atoms with Gasteiger partial charge in [0, 0.05) is 31.8 Å². The van der Waals surface area contributed by atoms with Crippen molar-refractivity contribution in [1.29, 1.82) is 0 Å². The highest BCUT2D eigenvalue weighted by molar-refractivity contribution is 5.92. The zero-order valence-electron chi connectivity index (χ0n) is 12.5. The summed E-state index contributed by atoms with van der Waals surface area (Å²) in [6, 6.07) is 6.19. The maximum atomic E-state index is 13.0.